The molecule has 2 amide bonds. The molecule has 2 aliphatic heterocycles. The van der Waals surface area contributed by atoms with Gasteiger partial charge in [0, 0.05) is 64.5 Å². The fourth-order valence-electron chi connectivity index (χ4n) is 5.41. The number of carbonyl (C=O) groups is 2. The fraction of sp³-hybridized carbons (Fsp3) is 0.467. The molecule has 2 aliphatic rings. The predicted molar refractivity (Wildman–Crippen MR) is 169 cm³/mol. The number of hydrogen-bond acceptors (Lipinski definition) is 9. The van der Waals surface area contributed by atoms with Gasteiger partial charge in [-0.1, -0.05) is 41.6 Å². The number of amides is 2. The molecular weight excluding hydrogens is 593 g/mol. The molecule has 0 radical (unpaired) electrons. The van der Waals surface area contributed by atoms with Gasteiger partial charge in [-0.3, -0.25) is 14.6 Å². The Morgan fingerprint density at radius 1 is 1.05 bits per heavy atom. The average molecular weight is 635 g/mol. The molecule has 2 aromatic carbocycles. The minimum Gasteiger partial charge on any atom is -0.393 e. The number of hydrogen-bond donors (Lipinski definition) is 2. The standard InChI is InChI=1S/C30H39N7O4.2ClH/c1-21-8-9-23(30-32-22(2)41-33-30)16-27(21)36(19-28(39)31-12-15-35-13-10-26(38)11-14-35)20-29(40)34(3)37-17-24-6-4-5-7-25(24)18-37;;/h4-9,16,26,38H,10-15,17-20H2,1-3H3,(H,31,39);2*1H. The van der Waals surface area contributed by atoms with Crippen LogP contribution in [0.1, 0.15) is 35.4 Å². The molecule has 0 spiro atoms. The van der Waals surface area contributed by atoms with E-state index in [0.29, 0.717) is 31.3 Å². The predicted octanol–water partition coefficient (Wildman–Crippen LogP) is 2.97. The van der Waals surface area contributed by atoms with Crippen LogP contribution < -0.4 is 10.2 Å². The van der Waals surface area contributed by atoms with Crippen LogP contribution >= 0.6 is 24.8 Å². The Bertz CT molecular complexity index is 1360. The van der Waals surface area contributed by atoms with Crippen molar-refractivity contribution in [2.75, 3.05) is 51.2 Å². The van der Waals surface area contributed by atoms with Crippen molar-refractivity contribution in [3.05, 3.63) is 65.0 Å². The zero-order chi connectivity index (χ0) is 28.9. The van der Waals surface area contributed by atoms with Crippen LogP contribution in [0.4, 0.5) is 5.69 Å². The molecule has 0 unspecified atom stereocenters. The van der Waals surface area contributed by atoms with E-state index in [0.717, 1.165) is 49.3 Å². The summed E-state index contributed by atoms with van der Waals surface area (Å²) in [5.74, 6) is 0.645. The molecule has 5 rings (SSSR count). The summed E-state index contributed by atoms with van der Waals surface area (Å²) >= 11 is 0. The van der Waals surface area contributed by atoms with Gasteiger partial charge in [0.05, 0.1) is 19.2 Å². The number of aliphatic hydroxyl groups is 1. The van der Waals surface area contributed by atoms with E-state index in [-0.39, 0.29) is 55.8 Å². The minimum absolute atomic E-state index is 0. The number of nitrogens with one attached hydrogen (secondary N) is 1. The number of aryl methyl sites for hydroxylation is 2. The van der Waals surface area contributed by atoms with Crippen molar-refractivity contribution in [1.82, 2.24) is 30.4 Å². The number of halogens is 2. The third-order valence-corrected chi connectivity index (χ3v) is 7.91. The molecule has 11 nitrogen and oxygen atoms in total. The number of nitrogens with zero attached hydrogens (tertiary/aromatic N) is 6. The maximum Gasteiger partial charge on any atom is 0.256 e. The molecule has 0 bridgehead atoms. The lowest BCUT2D eigenvalue weighted by Gasteiger charge is -2.32. The van der Waals surface area contributed by atoms with Crippen LogP contribution in [0.2, 0.25) is 0 Å². The number of rotatable bonds is 10. The molecule has 2 N–H and O–H groups in total. The molecule has 3 heterocycles. The maximum absolute atomic E-state index is 13.6. The molecule has 0 saturated carbocycles. The van der Waals surface area contributed by atoms with Gasteiger partial charge in [0.1, 0.15) is 0 Å². The van der Waals surface area contributed by atoms with E-state index in [1.54, 1.807) is 19.0 Å². The second kappa shape index (κ2) is 15.5. The van der Waals surface area contributed by atoms with Crippen LogP contribution in [0.5, 0.6) is 0 Å². The third kappa shape index (κ3) is 8.67. The summed E-state index contributed by atoms with van der Waals surface area (Å²) < 4.78 is 5.17. The number of hydrazine groups is 1. The van der Waals surface area contributed by atoms with Gasteiger partial charge in [0.25, 0.3) is 5.91 Å². The van der Waals surface area contributed by atoms with Gasteiger partial charge in [-0.05, 0) is 42.5 Å². The van der Waals surface area contributed by atoms with E-state index in [4.69, 9.17) is 4.52 Å². The van der Waals surface area contributed by atoms with Crippen LogP contribution in [0.3, 0.4) is 0 Å². The van der Waals surface area contributed by atoms with Gasteiger partial charge in [-0.2, -0.15) is 4.98 Å². The lowest BCUT2D eigenvalue weighted by Crippen LogP contribution is -2.48. The number of piperidine rings is 1. The first-order chi connectivity index (χ1) is 19.8. The molecule has 0 atom stereocenters. The highest BCUT2D eigenvalue weighted by Gasteiger charge is 2.27. The van der Waals surface area contributed by atoms with Crippen LogP contribution in [-0.2, 0) is 22.7 Å². The summed E-state index contributed by atoms with van der Waals surface area (Å²) in [5.41, 5.74) is 4.86. The van der Waals surface area contributed by atoms with Gasteiger partial charge >= 0.3 is 0 Å². The van der Waals surface area contributed by atoms with Gasteiger partial charge in [-0.15, -0.1) is 24.8 Å². The normalized spacial score (nSPS) is 15.3. The molecule has 13 heteroatoms. The molecule has 43 heavy (non-hydrogen) atoms. The van der Waals surface area contributed by atoms with Gasteiger partial charge in [-0.25, -0.2) is 5.01 Å². The number of benzene rings is 2. The van der Waals surface area contributed by atoms with Crippen LogP contribution in [-0.4, -0.2) is 94.4 Å². The van der Waals surface area contributed by atoms with Gasteiger partial charge < -0.3 is 24.7 Å². The lowest BCUT2D eigenvalue weighted by atomic mass is 10.1. The Morgan fingerprint density at radius 2 is 1.72 bits per heavy atom. The number of carbonyl (C=O) groups excluding carboxylic acids is 2. The third-order valence-electron chi connectivity index (χ3n) is 7.91. The fourth-order valence-corrected chi connectivity index (χ4v) is 5.41. The Balaban J connectivity index is 0.00000253. The number of likely N-dealkylation sites (N-methyl/N-ethyl adjacent to an activating group) is 1. The van der Waals surface area contributed by atoms with Crippen molar-refractivity contribution < 1.29 is 19.2 Å². The summed E-state index contributed by atoms with van der Waals surface area (Å²) in [5, 5.41) is 20.5. The van der Waals surface area contributed by atoms with Crippen molar-refractivity contribution in [1.29, 1.82) is 0 Å². The molecule has 0 aliphatic carbocycles. The smallest absolute Gasteiger partial charge is 0.256 e. The monoisotopic (exact) mass is 633 g/mol. The lowest BCUT2D eigenvalue weighted by molar-refractivity contribution is -0.145. The van der Waals surface area contributed by atoms with E-state index in [2.05, 4.69) is 32.5 Å². The zero-order valence-electron chi connectivity index (χ0n) is 24.9. The first kappa shape index (κ1) is 34.3. The Kier molecular flexibility index (Phi) is 12.3. The number of likely N-dealkylation sites (tertiary alicyclic amines) is 1. The van der Waals surface area contributed by atoms with Crippen molar-refractivity contribution in [2.45, 2.75) is 45.9 Å². The molecule has 1 saturated heterocycles. The van der Waals surface area contributed by atoms with Crippen molar-refractivity contribution >= 4 is 42.3 Å². The van der Waals surface area contributed by atoms with E-state index < -0.39 is 0 Å². The van der Waals surface area contributed by atoms with Gasteiger partial charge in [0.15, 0.2) is 0 Å². The van der Waals surface area contributed by atoms with Crippen LogP contribution in [0.25, 0.3) is 11.4 Å². The summed E-state index contributed by atoms with van der Waals surface area (Å²) in [6, 6.07) is 14.0. The van der Waals surface area contributed by atoms with Crippen molar-refractivity contribution in [2.24, 2.45) is 0 Å². The number of fused-ring (bicyclic) bond motifs is 1. The van der Waals surface area contributed by atoms with Crippen LogP contribution in [0.15, 0.2) is 47.0 Å². The number of aliphatic hydroxyl groups excluding tert-OH is 1. The summed E-state index contributed by atoms with van der Waals surface area (Å²) in [4.78, 5) is 35.2. The van der Waals surface area contributed by atoms with E-state index >= 15 is 0 Å². The quantitative estimate of drug-likeness (QED) is 0.347. The van der Waals surface area contributed by atoms with E-state index in [1.807, 2.05) is 47.2 Å². The first-order valence-electron chi connectivity index (χ1n) is 14.2. The van der Waals surface area contributed by atoms with Crippen LogP contribution in [0, 0.1) is 13.8 Å². The van der Waals surface area contributed by atoms with Gasteiger partial charge in [0.2, 0.25) is 17.6 Å². The zero-order valence-corrected chi connectivity index (χ0v) is 26.5. The SMILES string of the molecule is Cc1nc(-c2ccc(C)c(N(CC(=O)NCCN3CCC(O)CC3)CC(=O)N(C)N3Cc4ccccc4C3)c2)no1.Cl.Cl. The second-order valence-corrected chi connectivity index (χ2v) is 10.9. The highest BCUT2D eigenvalue weighted by Crippen LogP contribution is 2.28. The first-order valence-corrected chi connectivity index (χ1v) is 14.2. The number of aromatic nitrogens is 2. The topological polar surface area (TPSA) is 118 Å². The Morgan fingerprint density at radius 3 is 2.35 bits per heavy atom. The second-order valence-electron chi connectivity index (χ2n) is 10.9. The molecular formula is C30H41Cl2N7O4. The molecule has 3 aromatic rings. The van der Waals surface area contributed by atoms with E-state index in [1.165, 1.54) is 11.1 Å². The van der Waals surface area contributed by atoms with Crippen molar-refractivity contribution in [3.63, 3.8) is 0 Å². The maximum atomic E-state index is 13.6. The molecule has 234 valence electrons. The Hall–Kier alpha value is -3.22. The minimum atomic E-state index is -0.227. The highest BCUT2D eigenvalue weighted by atomic mass is 35.5. The van der Waals surface area contributed by atoms with E-state index in [9.17, 15) is 14.7 Å². The highest BCUT2D eigenvalue weighted by molar-refractivity contribution is 5.87. The largest absolute Gasteiger partial charge is 0.393 e. The van der Waals surface area contributed by atoms with Crippen molar-refractivity contribution in [3.8, 4) is 11.4 Å². The average Bonchev–Trinajstić information content (AvgIpc) is 3.60. The summed E-state index contributed by atoms with van der Waals surface area (Å²) in [6.45, 7) is 7.95. The Labute approximate surface area is 265 Å². The molecule has 1 fully saturated rings. The number of anilines is 1. The molecule has 1 aromatic heterocycles. The summed E-state index contributed by atoms with van der Waals surface area (Å²) in [6.07, 6.45) is 1.29. The summed E-state index contributed by atoms with van der Waals surface area (Å²) in [7, 11) is 1.79.